The minimum atomic E-state index is -1.16. The molecule has 0 aliphatic carbocycles. The smallest absolute Gasteiger partial charge is 0.336 e. The summed E-state index contributed by atoms with van der Waals surface area (Å²) in [5.74, 6) is -2.29. The number of benzene rings is 1. The van der Waals surface area contributed by atoms with Gasteiger partial charge in [0.25, 0.3) is 0 Å². The van der Waals surface area contributed by atoms with E-state index in [-0.39, 0.29) is 11.1 Å². The Balaban J connectivity index is 2.27. The number of unbranched alkanes of at least 4 members (excludes halogenated alkanes) is 14. The van der Waals surface area contributed by atoms with E-state index >= 15 is 0 Å². The molecule has 0 bridgehead atoms. The van der Waals surface area contributed by atoms with Crippen LogP contribution in [0, 0.1) is 0 Å². The van der Waals surface area contributed by atoms with Crippen molar-refractivity contribution >= 4 is 11.9 Å². The van der Waals surface area contributed by atoms with E-state index < -0.39 is 11.9 Å². The Hall–Kier alpha value is -1.84. The molecule has 0 atom stereocenters. The fourth-order valence-electron chi connectivity index (χ4n) is 4.58. The Bertz CT molecular complexity index is 666. The zero-order chi connectivity index (χ0) is 23.6. The highest BCUT2D eigenvalue weighted by atomic mass is 16.4. The Kier molecular flexibility index (Phi) is 15.6. The number of hydrogen-bond donors (Lipinski definition) is 2. The van der Waals surface area contributed by atoms with Crippen molar-refractivity contribution in [3.8, 4) is 0 Å². The van der Waals surface area contributed by atoms with E-state index in [0.717, 1.165) is 36.8 Å². The maximum Gasteiger partial charge on any atom is 0.336 e. The van der Waals surface area contributed by atoms with Crippen LogP contribution in [0.5, 0.6) is 0 Å². The molecule has 1 aromatic carbocycles. The Morgan fingerprint density at radius 1 is 0.594 bits per heavy atom. The molecule has 2 N–H and O–H groups in total. The molecule has 0 amide bonds. The SMILES string of the molecule is CCCCCCCCCCCCCCCCCc1c(CCC)ccc(C(=O)O)c1C(=O)O. The highest BCUT2D eigenvalue weighted by molar-refractivity contribution is 6.03. The van der Waals surface area contributed by atoms with Crippen LogP contribution in [0.4, 0.5) is 0 Å². The molecule has 0 saturated carbocycles. The predicted molar refractivity (Wildman–Crippen MR) is 133 cm³/mol. The van der Waals surface area contributed by atoms with E-state index in [1.807, 2.05) is 0 Å². The summed E-state index contributed by atoms with van der Waals surface area (Å²) < 4.78 is 0. The second-order valence-corrected chi connectivity index (χ2v) is 9.19. The topological polar surface area (TPSA) is 74.6 Å². The third-order valence-electron chi connectivity index (χ3n) is 6.40. The average molecular weight is 447 g/mol. The molecule has 0 saturated heterocycles. The highest BCUT2D eigenvalue weighted by Gasteiger charge is 2.22. The third-order valence-corrected chi connectivity index (χ3v) is 6.40. The first-order chi connectivity index (χ1) is 15.5. The van der Waals surface area contributed by atoms with Gasteiger partial charge in [0.15, 0.2) is 0 Å². The maximum absolute atomic E-state index is 11.8. The molecular formula is C28H46O4. The zero-order valence-corrected chi connectivity index (χ0v) is 20.6. The van der Waals surface area contributed by atoms with Crippen LogP contribution in [0.1, 0.15) is 148 Å². The lowest BCUT2D eigenvalue weighted by Gasteiger charge is -2.15. The van der Waals surface area contributed by atoms with Crippen LogP contribution in [0.2, 0.25) is 0 Å². The van der Waals surface area contributed by atoms with Gasteiger partial charge in [-0.15, -0.1) is 0 Å². The van der Waals surface area contributed by atoms with Gasteiger partial charge in [-0.2, -0.15) is 0 Å². The Labute approximate surface area is 195 Å². The molecule has 0 radical (unpaired) electrons. The molecule has 0 aliphatic rings. The molecule has 4 nitrogen and oxygen atoms in total. The van der Waals surface area contributed by atoms with Crippen LogP contribution < -0.4 is 0 Å². The summed E-state index contributed by atoms with van der Waals surface area (Å²) >= 11 is 0. The van der Waals surface area contributed by atoms with Crippen LogP contribution in [0.15, 0.2) is 12.1 Å². The van der Waals surface area contributed by atoms with Crippen LogP contribution in [-0.4, -0.2) is 22.2 Å². The van der Waals surface area contributed by atoms with Gasteiger partial charge in [-0.05, 0) is 36.5 Å². The molecule has 1 rings (SSSR count). The minimum absolute atomic E-state index is 0.00573. The summed E-state index contributed by atoms with van der Waals surface area (Å²) in [6, 6.07) is 3.26. The highest BCUT2D eigenvalue weighted by Crippen LogP contribution is 2.24. The fourth-order valence-corrected chi connectivity index (χ4v) is 4.58. The van der Waals surface area contributed by atoms with E-state index in [1.54, 1.807) is 6.07 Å². The quantitative estimate of drug-likeness (QED) is 0.197. The number of carbonyl (C=O) groups is 2. The normalized spacial score (nSPS) is 11.1. The molecule has 0 heterocycles. The largest absolute Gasteiger partial charge is 0.478 e. The number of rotatable bonds is 20. The maximum atomic E-state index is 11.8. The van der Waals surface area contributed by atoms with Gasteiger partial charge < -0.3 is 10.2 Å². The van der Waals surface area contributed by atoms with Crippen LogP contribution in [0.3, 0.4) is 0 Å². The molecule has 0 aliphatic heterocycles. The van der Waals surface area contributed by atoms with Crippen molar-refractivity contribution in [3.63, 3.8) is 0 Å². The summed E-state index contributed by atoms with van der Waals surface area (Å²) in [4.78, 5) is 23.3. The van der Waals surface area contributed by atoms with Gasteiger partial charge in [0.05, 0.1) is 11.1 Å². The van der Waals surface area contributed by atoms with Crippen molar-refractivity contribution < 1.29 is 19.8 Å². The van der Waals surface area contributed by atoms with Crippen LogP contribution >= 0.6 is 0 Å². The molecule has 182 valence electrons. The first kappa shape index (κ1) is 28.2. The molecule has 0 unspecified atom stereocenters. The van der Waals surface area contributed by atoms with Gasteiger partial charge in [-0.1, -0.05) is 116 Å². The lowest BCUT2D eigenvalue weighted by atomic mass is 9.90. The second kappa shape index (κ2) is 17.7. The van der Waals surface area contributed by atoms with Crippen molar-refractivity contribution in [1.29, 1.82) is 0 Å². The molecule has 0 spiro atoms. The minimum Gasteiger partial charge on any atom is -0.478 e. The zero-order valence-electron chi connectivity index (χ0n) is 20.6. The molecule has 32 heavy (non-hydrogen) atoms. The lowest BCUT2D eigenvalue weighted by molar-refractivity contribution is 0.0650. The average Bonchev–Trinajstić information content (AvgIpc) is 2.76. The van der Waals surface area contributed by atoms with Crippen LogP contribution in [-0.2, 0) is 12.8 Å². The second-order valence-electron chi connectivity index (χ2n) is 9.19. The van der Waals surface area contributed by atoms with Crippen molar-refractivity contribution in [2.75, 3.05) is 0 Å². The fraction of sp³-hybridized carbons (Fsp3) is 0.714. The van der Waals surface area contributed by atoms with E-state index in [9.17, 15) is 19.8 Å². The van der Waals surface area contributed by atoms with Gasteiger partial charge in [0.2, 0.25) is 0 Å². The summed E-state index contributed by atoms with van der Waals surface area (Å²) in [5, 5.41) is 19.1. The number of aryl methyl sites for hydroxylation is 1. The van der Waals surface area contributed by atoms with Gasteiger partial charge in [0.1, 0.15) is 0 Å². The summed E-state index contributed by atoms with van der Waals surface area (Å²) in [5.41, 5.74) is 1.62. The Morgan fingerprint density at radius 3 is 1.47 bits per heavy atom. The monoisotopic (exact) mass is 446 g/mol. The summed E-state index contributed by atoms with van der Waals surface area (Å²) in [7, 11) is 0. The summed E-state index contributed by atoms with van der Waals surface area (Å²) in [6.45, 7) is 4.32. The van der Waals surface area contributed by atoms with Gasteiger partial charge in [-0.25, -0.2) is 9.59 Å². The molecule has 4 heteroatoms. The van der Waals surface area contributed by atoms with Gasteiger partial charge in [0, 0.05) is 0 Å². The standard InChI is InChI=1S/C28H46O4/c1-3-5-6-7-8-9-10-11-12-13-14-15-16-17-18-20-24-23(19-4-2)21-22-25(27(29)30)26(24)28(31)32/h21-22H,3-20H2,1-2H3,(H,29,30)(H,31,32). The molecule has 1 aromatic rings. The molecule has 0 fully saturated rings. The third kappa shape index (κ3) is 11.2. The van der Waals surface area contributed by atoms with E-state index in [2.05, 4.69) is 13.8 Å². The number of carboxylic acids is 2. The van der Waals surface area contributed by atoms with Crippen molar-refractivity contribution in [3.05, 3.63) is 34.4 Å². The number of carboxylic acid groups (broad SMARTS) is 2. The number of hydrogen-bond acceptors (Lipinski definition) is 2. The first-order valence-electron chi connectivity index (χ1n) is 13.1. The lowest BCUT2D eigenvalue weighted by Crippen LogP contribution is -2.14. The van der Waals surface area contributed by atoms with Crippen molar-refractivity contribution in [2.24, 2.45) is 0 Å². The molecule has 0 aromatic heterocycles. The van der Waals surface area contributed by atoms with E-state index in [0.29, 0.717) is 6.42 Å². The molecular weight excluding hydrogens is 400 g/mol. The first-order valence-corrected chi connectivity index (χ1v) is 13.1. The van der Waals surface area contributed by atoms with Crippen molar-refractivity contribution in [1.82, 2.24) is 0 Å². The Morgan fingerprint density at radius 2 is 1.06 bits per heavy atom. The number of aromatic carboxylic acids is 2. The van der Waals surface area contributed by atoms with Gasteiger partial charge >= 0.3 is 11.9 Å². The predicted octanol–water partition coefficient (Wildman–Crippen LogP) is 8.45. The van der Waals surface area contributed by atoms with E-state index in [1.165, 1.54) is 89.5 Å². The van der Waals surface area contributed by atoms with E-state index in [4.69, 9.17) is 0 Å². The van der Waals surface area contributed by atoms with Crippen LogP contribution in [0.25, 0.3) is 0 Å². The van der Waals surface area contributed by atoms with Crippen molar-refractivity contribution in [2.45, 2.75) is 129 Å². The van der Waals surface area contributed by atoms with Gasteiger partial charge in [-0.3, -0.25) is 0 Å². The summed E-state index contributed by atoms with van der Waals surface area (Å²) in [6.07, 6.45) is 21.7.